The summed E-state index contributed by atoms with van der Waals surface area (Å²) in [6.07, 6.45) is 0.278. The maximum Gasteiger partial charge on any atom is 0.279 e. The van der Waals surface area contributed by atoms with Crippen LogP contribution in [0.2, 0.25) is 0 Å². The van der Waals surface area contributed by atoms with Gasteiger partial charge in [0, 0.05) is 37.2 Å². The Morgan fingerprint density at radius 1 is 0.883 bits per heavy atom. The first-order valence-electron chi connectivity index (χ1n) is 19.3. The Hall–Kier alpha value is -6.90. The molecule has 2 aromatic carbocycles. The van der Waals surface area contributed by atoms with Crippen LogP contribution < -0.4 is 31.6 Å². The fraction of sp³-hybridized carbons (Fsp3) is 0.385. The van der Waals surface area contributed by atoms with Crippen molar-refractivity contribution in [2.24, 2.45) is 11.5 Å². The number of rotatable bonds is 16. The molecular weight excluding hydrogens is 787 g/mol. The van der Waals surface area contributed by atoms with Crippen molar-refractivity contribution in [2.45, 2.75) is 85.7 Å². The quantitative estimate of drug-likeness (QED) is 0.0933. The summed E-state index contributed by atoms with van der Waals surface area (Å²) in [4.78, 5) is 61.2. The number of nitrogens with two attached hydrogens (primary N) is 2. The molecule has 4 amide bonds. The van der Waals surface area contributed by atoms with Crippen molar-refractivity contribution in [2.75, 3.05) is 23.8 Å². The lowest BCUT2D eigenvalue weighted by Crippen LogP contribution is -2.27. The van der Waals surface area contributed by atoms with Crippen molar-refractivity contribution < 1.29 is 42.5 Å². The third-order valence-corrected chi connectivity index (χ3v) is 10.2. The molecule has 1 aliphatic rings. The Kier molecular flexibility index (Phi) is 11.3. The van der Waals surface area contributed by atoms with E-state index < -0.39 is 47.4 Å². The number of aliphatic hydroxyl groups excluding tert-OH is 1. The van der Waals surface area contributed by atoms with Gasteiger partial charge in [0.25, 0.3) is 11.8 Å². The molecule has 0 bridgehead atoms. The van der Waals surface area contributed by atoms with Crippen molar-refractivity contribution in [1.82, 2.24) is 38.7 Å². The van der Waals surface area contributed by atoms with Gasteiger partial charge in [-0.05, 0) is 71.7 Å². The van der Waals surface area contributed by atoms with Crippen LogP contribution in [0.3, 0.4) is 0 Å². The lowest BCUT2D eigenvalue weighted by atomic mass is 10.1. The fourth-order valence-electron chi connectivity index (χ4n) is 7.32. The molecule has 0 radical (unpaired) electrons. The topological polar surface area (TPSA) is 254 Å². The number of nitrogens with zero attached hydrogens (tertiary/aromatic N) is 8. The van der Waals surface area contributed by atoms with Gasteiger partial charge >= 0.3 is 0 Å². The molecular formula is C39H44F2N12O7. The van der Waals surface area contributed by atoms with Crippen molar-refractivity contribution in [3.05, 3.63) is 69.8 Å². The molecule has 0 aliphatic carbocycles. The smallest absolute Gasteiger partial charge is 0.279 e. The number of carbonyl (C=O) groups is 4. The Morgan fingerprint density at radius 3 is 2.00 bits per heavy atom. The monoisotopic (exact) mass is 830 g/mol. The number of halogens is 2. The van der Waals surface area contributed by atoms with Crippen LogP contribution in [-0.2, 0) is 19.6 Å². The minimum absolute atomic E-state index is 0.00459. The summed E-state index contributed by atoms with van der Waals surface area (Å²) in [7, 11) is 0. The van der Waals surface area contributed by atoms with Gasteiger partial charge in [-0.15, -0.1) is 0 Å². The summed E-state index contributed by atoms with van der Waals surface area (Å²) in [5, 5.41) is 23.6. The summed E-state index contributed by atoms with van der Waals surface area (Å²) in [5.74, 6) is -4.07. The summed E-state index contributed by atoms with van der Waals surface area (Å²) in [6.45, 7) is 8.68. The van der Waals surface area contributed by atoms with Gasteiger partial charge in [0.2, 0.25) is 23.7 Å². The number of aryl methyl sites for hydroxylation is 5. The molecule has 7 N–H and O–H groups in total. The van der Waals surface area contributed by atoms with Crippen LogP contribution in [0.5, 0.6) is 11.5 Å². The van der Waals surface area contributed by atoms with E-state index in [0.29, 0.717) is 35.1 Å². The second-order valence-corrected chi connectivity index (χ2v) is 14.4. The van der Waals surface area contributed by atoms with E-state index in [1.807, 2.05) is 0 Å². The lowest BCUT2D eigenvalue weighted by molar-refractivity contribution is 0.0991. The van der Waals surface area contributed by atoms with E-state index in [9.17, 15) is 24.3 Å². The highest BCUT2D eigenvalue weighted by atomic mass is 19.1. The molecule has 1 aliphatic heterocycles. The first-order valence-corrected chi connectivity index (χ1v) is 19.3. The van der Waals surface area contributed by atoms with Gasteiger partial charge in [-0.1, -0.05) is 0 Å². The molecule has 4 aromatic heterocycles. The molecule has 1 unspecified atom stereocenters. The minimum Gasteiger partial charge on any atom is -0.491 e. The zero-order valence-corrected chi connectivity index (χ0v) is 33.5. The molecule has 6 aromatic rings. The predicted molar refractivity (Wildman–Crippen MR) is 213 cm³/mol. The Balaban J connectivity index is 1.26. The Morgan fingerprint density at radius 2 is 1.43 bits per heavy atom. The average Bonchev–Trinajstić information content (AvgIpc) is 3.92. The van der Waals surface area contributed by atoms with Crippen LogP contribution in [0.25, 0.3) is 22.1 Å². The van der Waals surface area contributed by atoms with Crippen LogP contribution in [0.1, 0.15) is 99.2 Å². The SMILES string of the molecule is CCn1nc(C)c(F)c1C(=O)Nc1nc2cc(C(N)=O)cc(OCCC(C)O)c2n1CCC[C@H]1COc2cc(C(N)=O)cc3nc(NC(=O)c4c(F)c(C)nn4CC)n1c23. The molecule has 0 saturated heterocycles. The second kappa shape index (κ2) is 16.4. The van der Waals surface area contributed by atoms with Crippen LogP contribution in [0, 0.1) is 25.5 Å². The molecule has 2 atom stereocenters. The number of fused-ring (bicyclic) bond motifs is 1. The maximum absolute atomic E-state index is 15.2. The maximum atomic E-state index is 15.2. The number of aliphatic hydroxyl groups is 1. The molecule has 60 heavy (non-hydrogen) atoms. The summed E-state index contributed by atoms with van der Waals surface area (Å²) in [5.41, 5.74) is 12.4. The first-order chi connectivity index (χ1) is 28.6. The number of anilines is 2. The lowest BCUT2D eigenvalue weighted by Gasteiger charge is -2.27. The number of primary amides is 2. The molecule has 316 valence electrons. The summed E-state index contributed by atoms with van der Waals surface area (Å²) >= 11 is 0. The van der Waals surface area contributed by atoms with E-state index in [1.54, 1.807) is 29.9 Å². The minimum atomic E-state index is -0.817. The van der Waals surface area contributed by atoms with E-state index >= 15 is 8.78 Å². The van der Waals surface area contributed by atoms with Crippen molar-refractivity contribution in [1.29, 1.82) is 0 Å². The summed E-state index contributed by atoms with van der Waals surface area (Å²) in [6, 6.07) is 5.36. The third kappa shape index (κ3) is 7.58. The predicted octanol–water partition coefficient (Wildman–Crippen LogP) is 3.98. The highest BCUT2D eigenvalue weighted by Crippen LogP contribution is 2.39. The average molecular weight is 831 g/mol. The number of imidazole rings is 2. The number of amides is 4. The number of hydrogen-bond donors (Lipinski definition) is 5. The standard InChI is InChI=1S/C39H44F2N12O7/c1-6-51-32(28(40)19(4)48-51)36(57)46-38-44-24-13-21(34(42)55)15-26(59-12-10-18(3)54)30(24)50(38)11-8-9-23-17-60-27-16-22(35(43)56)14-25-31(27)53(23)39(45-25)47-37(58)33-29(41)20(5)49-52(33)7-2/h13-16,18,23,54H,6-12,17H2,1-5H3,(H2,42,55)(H2,43,56)(H,44,46,57)(H,45,47,58)/t18?,23-/m0/s1. The van der Waals surface area contributed by atoms with Crippen molar-refractivity contribution in [3.63, 3.8) is 0 Å². The van der Waals surface area contributed by atoms with Gasteiger partial charge in [-0.3, -0.25) is 39.2 Å². The normalized spacial score (nSPS) is 14.0. The van der Waals surface area contributed by atoms with E-state index in [-0.39, 0.29) is 96.3 Å². The van der Waals surface area contributed by atoms with Crippen molar-refractivity contribution in [3.8, 4) is 11.5 Å². The zero-order valence-electron chi connectivity index (χ0n) is 33.5. The zero-order chi connectivity index (χ0) is 43.2. The van der Waals surface area contributed by atoms with Crippen LogP contribution in [0.15, 0.2) is 24.3 Å². The Bertz CT molecular complexity index is 2700. The largest absolute Gasteiger partial charge is 0.491 e. The molecule has 7 rings (SSSR count). The highest BCUT2D eigenvalue weighted by Gasteiger charge is 2.31. The van der Waals surface area contributed by atoms with Gasteiger partial charge in [0.1, 0.15) is 29.1 Å². The fourth-order valence-corrected chi connectivity index (χ4v) is 7.32. The molecule has 0 fully saturated rings. The highest BCUT2D eigenvalue weighted by molar-refractivity contribution is 6.05. The van der Waals surface area contributed by atoms with Gasteiger partial charge in [0.05, 0.1) is 41.2 Å². The molecule has 0 saturated carbocycles. The molecule has 19 nitrogen and oxygen atoms in total. The first kappa shape index (κ1) is 41.3. The second-order valence-electron chi connectivity index (χ2n) is 14.4. The Labute approximate surface area is 340 Å². The number of aromatic nitrogens is 8. The van der Waals surface area contributed by atoms with Gasteiger partial charge in [-0.25, -0.2) is 18.7 Å². The third-order valence-electron chi connectivity index (χ3n) is 10.2. The van der Waals surface area contributed by atoms with E-state index in [2.05, 4.69) is 30.8 Å². The van der Waals surface area contributed by atoms with Gasteiger partial charge in [-0.2, -0.15) is 10.2 Å². The van der Waals surface area contributed by atoms with Crippen LogP contribution in [0.4, 0.5) is 20.7 Å². The number of nitrogens with one attached hydrogen (secondary N) is 2. The number of hydrogen-bond acceptors (Lipinski definition) is 11. The van der Waals surface area contributed by atoms with Crippen LogP contribution >= 0.6 is 0 Å². The van der Waals surface area contributed by atoms with Gasteiger partial charge in [0.15, 0.2) is 23.0 Å². The van der Waals surface area contributed by atoms with Crippen LogP contribution in [-0.4, -0.2) is 86.7 Å². The molecule has 0 spiro atoms. The summed E-state index contributed by atoms with van der Waals surface area (Å²) < 4.78 is 48.5. The van der Waals surface area contributed by atoms with Crippen molar-refractivity contribution >= 4 is 57.6 Å². The molecule has 21 heteroatoms. The van der Waals surface area contributed by atoms with E-state index in [4.69, 9.17) is 20.9 Å². The van der Waals surface area contributed by atoms with E-state index in [1.165, 1.54) is 47.5 Å². The number of carbonyl (C=O) groups excluding carboxylic acids is 4. The van der Waals surface area contributed by atoms with E-state index in [0.717, 1.165) is 0 Å². The number of ether oxygens (including phenoxy) is 2. The molecule has 5 heterocycles. The number of benzene rings is 2. The van der Waals surface area contributed by atoms with Gasteiger partial charge < -0.3 is 35.2 Å².